The Bertz CT molecular complexity index is 232. The molecular formula is C3Cl3IN2S. The highest BCUT2D eigenvalue weighted by Crippen LogP contribution is 2.36. The van der Waals surface area contributed by atoms with E-state index in [0.717, 1.165) is 3.01 Å². The number of rotatable bonds is 0. The summed E-state index contributed by atoms with van der Waals surface area (Å²) in [6.07, 6.45) is 0. The minimum atomic E-state index is -1.49. The highest BCUT2D eigenvalue weighted by Gasteiger charge is 2.27. The van der Waals surface area contributed by atoms with Crippen LogP contribution < -0.4 is 0 Å². The summed E-state index contributed by atoms with van der Waals surface area (Å²) in [4.78, 5) is 3.88. The molecule has 0 spiro atoms. The summed E-state index contributed by atoms with van der Waals surface area (Å²) in [6, 6.07) is 0. The van der Waals surface area contributed by atoms with Crippen molar-refractivity contribution in [3.8, 4) is 0 Å². The van der Waals surface area contributed by atoms with Gasteiger partial charge in [-0.15, -0.1) is 0 Å². The Kier molecular flexibility index (Phi) is 3.02. The lowest BCUT2D eigenvalue weighted by Gasteiger charge is -2.02. The van der Waals surface area contributed by atoms with Gasteiger partial charge in [0, 0.05) is 0 Å². The van der Waals surface area contributed by atoms with Crippen molar-refractivity contribution in [1.82, 2.24) is 9.36 Å². The van der Waals surface area contributed by atoms with Crippen molar-refractivity contribution in [2.75, 3.05) is 0 Å². The molecule has 0 N–H and O–H groups in total. The van der Waals surface area contributed by atoms with Crippen molar-refractivity contribution in [3.05, 3.63) is 8.84 Å². The molecule has 0 aliphatic rings. The molecule has 0 atom stereocenters. The number of hydrogen-bond donors (Lipinski definition) is 0. The first kappa shape index (κ1) is 9.25. The van der Waals surface area contributed by atoms with Gasteiger partial charge >= 0.3 is 0 Å². The highest BCUT2D eigenvalue weighted by atomic mass is 127. The van der Waals surface area contributed by atoms with Gasteiger partial charge in [-0.3, -0.25) is 0 Å². The monoisotopic (exact) mass is 328 g/mol. The lowest BCUT2D eigenvalue weighted by Crippen LogP contribution is -2.02. The second-order valence-electron chi connectivity index (χ2n) is 1.37. The van der Waals surface area contributed by atoms with Crippen LogP contribution in [0, 0.1) is 3.01 Å². The molecule has 0 aliphatic carbocycles. The van der Waals surface area contributed by atoms with Crippen molar-refractivity contribution in [3.63, 3.8) is 0 Å². The average Bonchev–Trinajstić information content (AvgIpc) is 2.11. The molecule has 2 nitrogen and oxygen atoms in total. The molecule has 1 aromatic rings. The molecule has 0 bridgehead atoms. The third-order valence-electron chi connectivity index (χ3n) is 0.655. The molecule has 0 saturated carbocycles. The minimum absolute atomic E-state index is 0.243. The van der Waals surface area contributed by atoms with Crippen LogP contribution in [0.1, 0.15) is 5.82 Å². The molecule has 56 valence electrons. The van der Waals surface area contributed by atoms with E-state index in [4.69, 9.17) is 34.8 Å². The van der Waals surface area contributed by atoms with E-state index in [1.165, 1.54) is 11.5 Å². The van der Waals surface area contributed by atoms with Gasteiger partial charge in [-0.1, -0.05) is 34.8 Å². The smallest absolute Gasteiger partial charge is 0.209 e. The van der Waals surface area contributed by atoms with Crippen molar-refractivity contribution >= 4 is 68.9 Å². The Hall–Kier alpha value is 1.16. The predicted molar refractivity (Wildman–Crippen MR) is 51.9 cm³/mol. The molecule has 0 saturated heterocycles. The summed E-state index contributed by atoms with van der Waals surface area (Å²) in [5.74, 6) is 0.243. The van der Waals surface area contributed by atoms with Crippen molar-refractivity contribution in [1.29, 1.82) is 0 Å². The number of nitrogens with zero attached hydrogens (tertiary/aromatic N) is 2. The van der Waals surface area contributed by atoms with Crippen LogP contribution in [-0.4, -0.2) is 9.36 Å². The van der Waals surface area contributed by atoms with Gasteiger partial charge in [-0.25, -0.2) is 4.98 Å². The third kappa shape index (κ3) is 2.34. The fraction of sp³-hybridized carbons (Fsp3) is 0.333. The van der Waals surface area contributed by atoms with Gasteiger partial charge in [-0.05, 0) is 34.1 Å². The fourth-order valence-electron chi connectivity index (χ4n) is 0.320. The van der Waals surface area contributed by atoms with E-state index in [-0.39, 0.29) is 5.82 Å². The maximum absolute atomic E-state index is 5.48. The number of aromatic nitrogens is 2. The van der Waals surface area contributed by atoms with Crippen molar-refractivity contribution in [2.24, 2.45) is 0 Å². The predicted octanol–water partition coefficient (Wildman–Crippen LogP) is 2.97. The Morgan fingerprint density at radius 1 is 1.40 bits per heavy atom. The Balaban J connectivity index is 2.96. The molecule has 0 radical (unpaired) electrons. The van der Waals surface area contributed by atoms with E-state index in [0.29, 0.717) is 0 Å². The molecule has 0 aromatic carbocycles. The molecule has 0 fully saturated rings. The summed E-state index contributed by atoms with van der Waals surface area (Å²) < 4.78 is 3.09. The van der Waals surface area contributed by atoms with E-state index >= 15 is 0 Å². The van der Waals surface area contributed by atoms with Crippen LogP contribution in [0.25, 0.3) is 0 Å². The van der Waals surface area contributed by atoms with Gasteiger partial charge in [-0.2, -0.15) is 4.37 Å². The number of alkyl halides is 3. The molecule has 0 unspecified atom stereocenters. The van der Waals surface area contributed by atoms with Gasteiger partial charge in [0.25, 0.3) is 3.79 Å². The van der Waals surface area contributed by atoms with Crippen LogP contribution in [0.4, 0.5) is 0 Å². The zero-order valence-corrected chi connectivity index (χ0v) is 9.56. The topological polar surface area (TPSA) is 25.8 Å². The van der Waals surface area contributed by atoms with Crippen LogP contribution >= 0.6 is 68.9 Å². The van der Waals surface area contributed by atoms with E-state index in [2.05, 4.69) is 9.36 Å². The molecule has 7 heteroatoms. The molecule has 10 heavy (non-hydrogen) atoms. The Morgan fingerprint density at radius 2 is 2.00 bits per heavy atom. The van der Waals surface area contributed by atoms with Gasteiger partial charge < -0.3 is 0 Å². The standard InChI is InChI=1S/C3Cl3IN2S/c4-3(5,6)1-8-2(7)10-9-1. The second kappa shape index (κ2) is 3.26. The van der Waals surface area contributed by atoms with Crippen LogP contribution in [0.2, 0.25) is 0 Å². The van der Waals surface area contributed by atoms with Crippen molar-refractivity contribution < 1.29 is 0 Å². The molecular weight excluding hydrogens is 329 g/mol. The minimum Gasteiger partial charge on any atom is -0.209 e. The van der Waals surface area contributed by atoms with E-state index in [1.807, 2.05) is 22.6 Å². The number of halogens is 4. The van der Waals surface area contributed by atoms with Gasteiger partial charge in [0.1, 0.15) is 0 Å². The highest BCUT2D eigenvalue weighted by molar-refractivity contribution is 14.1. The first-order valence-corrected chi connectivity index (χ1v) is 5.05. The number of hydrogen-bond acceptors (Lipinski definition) is 3. The quantitative estimate of drug-likeness (QED) is 0.540. The van der Waals surface area contributed by atoms with Crippen LogP contribution in [0.3, 0.4) is 0 Å². The SMILES string of the molecule is ClC(Cl)(Cl)c1nsc(I)n1. The molecule has 0 amide bonds. The second-order valence-corrected chi connectivity index (χ2v) is 6.16. The van der Waals surface area contributed by atoms with Crippen molar-refractivity contribution in [2.45, 2.75) is 3.79 Å². The van der Waals surface area contributed by atoms with E-state index < -0.39 is 3.79 Å². The molecule has 1 rings (SSSR count). The van der Waals surface area contributed by atoms with Gasteiger partial charge in [0.05, 0.1) is 0 Å². The maximum Gasteiger partial charge on any atom is 0.251 e. The average molecular weight is 329 g/mol. The zero-order chi connectivity index (χ0) is 7.78. The largest absolute Gasteiger partial charge is 0.251 e. The van der Waals surface area contributed by atoms with E-state index in [9.17, 15) is 0 Å². The van der Waals surface area contributed by atoms with E-state index in [1.54, 1.807) is 0 Å². The Labute approximate surface area is 90.2 Å². The lowest BCUT2D eigenvalue weighted by atomic mass is 10.7. The fourth-order valence-corrected chi connectivity index (χ4v) is 1.71. The summed E-state index contributed by atoms with van der Waals surface area (Å²) in [5, 5.41) is 0. The lowest BCUT2D eigenvalue weighted by molar-refractivity contribution is 1.04. The Morgan fingerprint density at radius 3 is 2.20 bits per heavy atom. The first-order valence-electron chi connectivity index (χ1n) is 2.06. The maximum atomic E-state index is 5.48. The first-order chi connectivity index (χ1) is 4.50. The molecule has 1 heterocycles. The van der Waals surface area contributed by atoms with Gasteiger partial charge in [0.2, 0.25) is 0 Å². The summed E-state index contributed by atoms with van der Waals surface area (Å²) in [6.45, 7) is 0. The van der Waals surface area contributed by atoms with Gasteiger partial charge in [0.15, 0.2) is 8.84 Å². The summed E-state index contributed by atoms with van der Waals surface area (Å²) >= 11 is 19.7. The molecule has 1 aromatic heterocycles. The zero-order valence-electron chi connectivity index (χ0n) is 4.31. The normalized spacial score (nSPS) is 12.0. The summed E-state index contributed by atoms with van der Waals surface area (Å²) in [5.41, 5.74) is 0. The van der Waals surface area contributed by atoms with Crippen LogP contribution in [0.5, 0.6) is 0 Å². The summed E-state index contributed by atoms with van der Waals surface area (Å²) in [7, 11) is 0. The van der Waals surface area contributed by atoms with Crippen LogP contribution in [0.15, 0.2) is 0 Å². The molecule has 0 aliphatic heterocycles. The third-order valence-corrected chi connectivity index (χ3v) is 2.50. The van der Waals surface area contributed by atoms with Crippen LogP contribution in [-0.2, 0) is 3.79 Å².